The number of likely N-dealkylation sites (N-methyl/N-ethyl adjacent to an activating group) is 1. The lowest BCUT2D eigenvalue weighted by atomic mass is 10.0. The summed E-state index contributed by atoms with van der Waals surface area (Å²) in [7, 11) is -1.93. The van der Waals surface area contributed by atoms with Gasteiger partial charge < -0.3 is 15.1 Å². The molecule has 0 saturated carbocycles. The van der Waals surface area contributed by atoms with Crippen molar-refractivity contribution >= 4 is 54.8 Å². The summed E-state index contributed by atoms with van der Waals surface area (Å²) in [5.74, 6) is -0.948. The first-order chi connectivity index (χ1) is 18.1. The molecule has 38 heavy (non-hydrogen) atoms. The van der Waals surface area contributed by atoms with Gasteiger partial charge >= 0.3 is 0 Å². The van der Waals surface area contributed by atoms with Gasteiger partial charge in [0.25, 0.3) is 5.91 Å². The molecule has 0 atom stereocenters. The molecule has 3 aromatic carbocycles. The molecule has 0 radical (unpaired) electrons. The molecule has 1 saturated heterocycles. The number of sulfonamides is 1. The molecule has 0 aromatic heterocycles. The zero-order valence-electron chi connectivity index (χ0n) is 20.8. The molecule has 0 spiro atoms. The van der Waals surface area contributed by atoms with Crippen molar-refractivity contribution in [1.82, 2.24) is 9.21 Å². The Morgan fingerprint density at radius 1 is 1.00 bits per heavy atom. The lowest BCUT2D eigenvalue weighted by Crippen LogP contribution is -2.44. The van der Waals surface area contributed by atoms with Crippen molar-refractivity contribution in [2.75, 3.05) is 50.0 Å². The number of fused-ring (bicyclic) bond motifs is 1. The summed E-state index contributed by atoms with van der Waals surface area (Å²) in [6.45, 7) is 3.55. The van der Waals surface area contributed by atoms with E-state index in [1.54, 1.807) is 0 Å². The van der Waals surface area contributed by atoms with E-state index in [-0.39, 0.29) is 26.5 Å². The molecule has 3 aromatic rings. The normalized spacial score (nSPS) is 16.8. The van der Waals surface area contributed by atoms with Crippen LogP contribution in [0.15, 0.2) is 64.0 Å². The van der Waals surface area contributed by atoms with Crippen molar-refractivity contribution in [1.29, 1.82) is 0 Å². The number of hydrogen-bond donors (Lipinski definition) is 1. The minimum atomic E-state index is -3.96. The van der Waals surface area contributed by atoms with Gasteiger partial charge in [-0.25, -0.2) is 12.8 Å². The van der Waals surface area contributed by atoms with Gasteiger partial charge in [-0.15, -0.1) is 0 Å². The Hall–Kier alpha value is -2.50. The summed E-state index contributed by atoms with van der Waals surface area (Å²) in [6.07, 6.45) is 0.599. The number of amides is 1. The fourth-order valence-corrected chi connectivity index (χ4v) is 7.06. The number of carbonyl (C=O) groups is 1. The first-order valence-corrected chi connectivity index (χ1v) is 14.8. The van der Waals surface area contributed by atoms with Crippen molar-refractivity contribution in [3.05, 3.63) is 86.6 Å². The number of halogens is 3. The van der Waals surface area contributed by atoms with Crippen molar-refractivity contribution in [3.63, 3.8) is 0 Å². The highest BCUT2D eigenvalue weighted by Gasteiger charge is 2.31. The van der Waals surface area contributed by atoms with E-state index < -0.39 is 21.7 Å². The molecule has 2 heterocycles. The Labute approximate surface area is 235 Å². The number of hydrogen-bond acceptors (Lipinski definition) is 5. The maximum Gasteiger partial charge on any atom is 0.255 e. The number of benzene rings is 3. The molecule has 0 bridgehead atoms. The average molecular weight is 622 g/mol. The van der Waals surface area contributed by atoms with Gasteiger partial charge in [0.05, 0.1) is 20.9 Å². The van der Waals surface area contributed by atoms with E-state index in [1.165, 1.54) is 34.6 Å². The number of rotatable bonds is 5. The molecule has 0 aliphatic carbocycles. The van der Waals surface area contributed by atoms with Crippen LogP contribution in [0.25, 0.3) is 0 Å². The lowest BCUT2D eigenvalue weighted by molar-refractivity contribution is 0.102. The standard InChI is InChI=1S/C27H27BrClFN4O3S/c1-32-10-12-33(13-11-32)25-16-23(30)21(28)15-24(25)31-27(35)19-6-7-22(29)26(14-19)38(36,37)34-9-8-18-4-2-3-5-20(18)17-34/h2-7,14-16H,8-13,17H2,1H3,(H,31,35). The largest absolute Gasteiger partial charge is 0.367 e. The van der Waals surface area contributed by atoms with Crippen LogP contribution in [0.4, 0.5) is 15.8 Å². The highest BCUT2D eigenvalue weighted by atomic mass is 79.9. The highest BCUT2D eigenvalue weighted by molar-refractivity contribution is 9.10. The molecule has 1 amide bonds. The predicted octanol–water partition coefficient (Wildman–Crippen LogP) is 4.99. The molecule has 11 heteroatoms. The van der Waals surface area contributed by atoms with Gasteiger partial charge in [-0.1, -0.05) is 35.9 Å². The van der Waals surface area contributed by atoms with Gasteiger partial charge in [-0.2, -0.15) is 4.31 Å². The molecule has 2 aliphatic rings. The molecular weight excluding hydrogens is 595 g/mol. The molecule has 2 aliphatic heterocycles. The molecule has 7 nitrogen and oxygen atoms in total. The van der Waals surface area contributed by atoms with E-state index in [1.807, 2.05) is 36.2 Å². The van der Waals surface area contributed by atoms with E-state index >= 15 is 0 Å². The fraction of sp³-hybridized carbons (Fsp3) is 0.296. The molecule has 5 rings (SSSR count). The van der Waals surface area contributed by atoms with E-state index in [2.05, 4.69) is 26.1 Å². The number of carbonyl (C=O) groups excluding carboxylic acids is 1. The van der Waals surface area contributed by atoms with Crippen molar-refractivity contribution in [2.24, 2.45) is 0 Å². The van der Waals surface area contributed by atoms with E-state index in [0.717, 1.165) is 24.2 Å². The monoisotopic (exact) mass is 620 g/mol. The van der Waals surface area contributed by atoms with Crippen LogP contribution in [-0.4, -0.2) is 63.3 Å². The maximum absolute atomic E-state index is 14.5. The van der Waals surface area contributed by atoms with Crippen LogP contribution in [0.5, 0.6) is 0 Å². The topological polar surface area (TPSA) is 73.0 Å². The van der Waals surface area contributed by atoms with Crippen molar-refractivity contribution in [3.8, 4) is 0 Å². The first kappa shape index (κ1) is 27.1. The zero-order chi connectivity index (χ0) is 27.0. The Morgan fingerprint density at radius 3 is 2.45 bits per heavy atom. The minimum absolute atomic E-state index is 0.0445. The van der Waals surface area contributed by atoms with Gasteiger partial charge in [0, 0.05) is 50.9 Å². The Bertz CT molecular complexity index is 1500. The third-order valence-electron chi connectivity index (χ3n) is 7.04. The van der Waals surface area contributed by atoms with Crippen LogP contribution >= 0.6 is 27.5 Å². The van der Waals surface area contributed by atoms with Gasteiger partial charge in [0.1, 0.15) is 10.7 Å². The summed E-state index contributed by atoms with van der Waals surface area (Å²) < 4.78 is 43.2. The molecule has 200 valence electrons. The lowest BCUT2D eigenvalue weighted by Gasteiger charge is -2.35. The molecule has 1 N–H and O–H groups in total. The summed E-state index contributed by atoms with van der Waals surface area (Å²) in [6, 6.07) is 14.9. The summed E-state index contributed by atoms with van der Waals surface area (Å²) in [5.41, 5.74) is 3.21. The van der Waals surface area contributed by atoms with E-state index in [0.29, 0.717) is 37.4 Å². The zero-order valence-corrected chi connectivity index (χ0v) is 23.9. The van der Waals surface area contributed by atoms with E-state index in [4.69, 9.17) is 11.6 Å². The average Bonchev–Trinajstić information content (AvgIpc) is 2.91. The van der Waals surface area contributed by atoms with E-state index in [9.17, 15) is 17.6 Å². The van der Waals surface area contributed by atoms with Gasteiger partial charge in [0.2, 0.25) is 10.0 Å². The van der Waals surface area contributed by atoms with Gasteiger partial charge in [-0.05, 0) is 64.8 Å². The number of nitrogens with one attached hydrogen (secondary N) is 1. The van der Waals surface area contributed by atoms with Gasteiger partial charge in [0.15, 0.2) is 0 Å². The quantitative estimate of drug-likeness (QED) is 0.435. The summed E-state index contributed by atoms with van der Waals surface area (Å²) >= 11 is 9.55. The van der Waals surface area contributed by atoms with Crippen LogP contribution in [0.1, 0.15) is 21.5 Å². The molecule has 1 fully saturated rings. The highest BCUT2D eigenvalue weighted by Crippen LogP contribution is 2.34. The number of piperazine rings is 1. The second kappa shape index (κ2) is 10.9. The van der Waals surface area contributed by atoms with Crippen LogP contribution in [-0.2, 0) is 23.0 Å². The van der Waals surface area contributed by atoms with Crippen molar-refractivity contribution < 1.29 is 17.6 Å². The first-order valence-electron chi connectivity index (χ1n) is 12.2. The Kier molecular flexibility index (Phi) is 7.79. The second-order valence-electron chi connectivity index (χ2n) is 9.53. The van der Waals surface area contributed by atoms with Crippen LogP contribution < -0.4 is 10.2 Å². The smallest absolute Gasteiger partial charge is 0.255 e. The summed E-state index contributed by atoms with van der Waals surface area (Å²) in [4.78, 5) is 17.4. The SMILES string of the molecule is CN1CCN(c2cc(F)c(Br)cc2NC(=O)c2ccc(Cl)c(S(=O)(=O)N3CCc4ccccc4C3)c2)CC1. The van der Waals surface area contributed by atoms with Crippen LogP contribution in [0, 0.1) is 5.82 Å². The number of nitrogens with zero attached hydrogens (tertiary/aromatic N) is 3. The minimum Gasteiger partial charge on any atom is -0.367 e. The molecule has 0 unspecified atom stereocenters. The predicted molar refractivity (Wildman–Crippen MR) is 151 cm³/mol. The summed E-state index contributed by atoms with van der Waals surface area (Å²) in [5, 5.41) is 2.90. The maximum atomic E-state index is 14.5. The van der Waals surface area contributed by atoms with Gasteiger partial charge in [-0.3, -0.25) is 4.79 Å². The number of anilines is 2. The third kappa shape index (κ3) is 5.46. The Morgan fingerprint density at radius 2 is 1.71 bits per heavy atom. The fourth-order valence-electron chi connectivity index (χ4n) is 4.80. The molecular formula is C27H27BrClFN4O3S. The van der Waals surface area contributed by atoms with Crippen LogP contribution in [0.3, 0.4) is 0 Å². The Balaban J connectivity index is 1.42. The van der Waals surface area contributed by atoms with Crippen LogP contribution in [0.2, 0.25) is 5.02 Å². The third-order valence-corrected chi connectivity index (χ3v) is 9.97. The van der Waals surface area contributed by atoms with Crippen molar-refractivity contribution in [2.45, 2.75) is 17.9 Å². The second-order valence-corrected chi connectivity index (χ2v) is 12.7.